The van der Waals surface area contributed by atoms with Crippen LogP contribution in [-0.2, 0) is 23.8 Å². The Kier molecular flexibility index (Phi) is 6.98. The Morgan fingerprint density at radius 3 is 2.65 bits per heavy atom. The van der Waals surface area contributed by atoms with Crippen molar-refractivity contribution in [3.63, 3.8) is 0 Å². The number of methoxy groups -OCH3 is 1. The highest BCUT2D eigenvalue weighted by Gasteiger charge is 2.41. The Balaban J connectivity index is 1.74. The van der Waals surface area contributed by atoms with Crippen molar-refractivity contribution in [2.45, 2.75) is 51.1 Å². The van der Waals surface area contributed by atoms with Gasteiger partial charge in [0.1, 0.15) is 5.60 Å². The lowest BCUT2D eigenvalue weighted by atomic mass is 10.1. The highest BCUT2D eigenvalue weighted by molar-refractivity contribution is 6.02. The van der Waals surface area contributed by atoms with E-state index >= 15 is 0 Å². The third-order valence-corrected chi connectivity index (χ3v) is 5.23. The monoisotopic (exact) mass is 434 g/mol. The summed E-state index contributed by atoms with van der Waals surface area (Å²) in [6.07, 6.45) is -2.30. The van der Waals surface area contributed by atoms with Crippen LogP contribution in [0.25, 0.3) is 0 Å². The molecule has 2 heterocycles. The van der Waals surface area contributed by atoms with Crippen LogP contribution in [0.5, 0.6) is 0 Å². The summed E-state index contributed by atoms with van der Waals surface area (Å²) in [5.74, 6) is -1.61. The largest absolute Gasteiger partial charge is 0.458 e. The molecule has 3 rings (SSSR count). The molecule has 2 aliphatic heterocycles. The number of benzene rings is 1. The second kappa shape index (κ2) is 9.33. The summed E-state index contributed by atoms with van der Waals surface area (Å²) in [6.45, 7) is 6.53. The van der Waals surface area contributed by atoms with Crippen molar-refractivity contribution in [2.75, 3.05) is 38.3 Å². The third kappa shape index (κ3) is 5.41. The predicted molar refractivity (Wildman–Crippen MR) is 112 cm³/mol. The summed E-state index contributed by atoms with van der Waals surface area (Å²) in [7, 11) is 1.63. The van der Waals surface area contributed by atoms with E-state index in [9.17, 15) is 19.5 Å². The number of nitrogens with zero attached hydrogens (tertiary/aromatic N) is 2. The van der Waals surface area contributed by atoms with Gasteiger partial charge in [0.15, 0.2) is 12.2 Å². The van der Waals surface area contributed by atoms with E-state index in [-0.39, 0.29) is 25.2 Å². The van der Waals surface area contributed by atoms with Crippen LogP contribution in [-0.4, -0.2) is 85.1 Å². The molecule has 2 fully saturated rings. The van der Waals surface area contributed by atoms with Crippen LogP contribution in [0.4, 0.5) is 5.69 Å². The van der Waals surface area contributed by atoms with Crippen LogP contribution in [0.3, 0.4) is 0 Å². The first-order valence-corrected chi connectivity index (χ1v) is 10.4. The molecule has 0 radical (unpaired) electrons. The molecule has 1 aromatic carbocycles. The van der Waals surface area contributed by atoms with Gasteiger partial charge in [-0.15, -0.1) is 0 Å². The molecule has 0 aliphatic carbocycles. The molecule has 9 heteroatoms. The zero-order valence-electron chi connectivity index (χ0n) is 18.4. The summed E-state index contributed by atoms with van der Waals surface area (Å²) in [6, 6.07) is 6.75. The average Bonchev–Trinajstić information content (AvgIpc) is 3.21. The minimum atomic E-state index is -1.74. The van der Waals surface area contributed by atoms with E-state index in [4.69, 9.17) is 14.2 Å². The molecule has 170 valence electrons. The topological polar surface area (TPSA) is 106 Å². The zero-order chi connectivity index (χ0) is 22.8. The lowest BCUT2D eigenvalue weighted by Gasteiger charge is -2.34. The summed E-state index contributed by atoms with van der Waals surface area (Å²) in [5, 5.41) is 10.4. The van der Waals surface area contributed by atoms with Crippen LogP contribution in [0, 0.1) is 0 Å². The van der Waals surface area contributed by atoms with Crippen LogP contribution < -0.4 is 4.90 Å². The number of esters is 1. The number of carbonyl (C=O) groups excluding carboxylic acids is 3. The smallest absolute Gasteiger partial charge is 0.338 e. The first-order valence-electron chi connectivity index (χ1n) is 10.4. The molecule has 0 spiro atoms. The van der Waals surface area contributed by atoms with Crippen LogP contribution in [0.2, 0.25) is 0 Å². The number of rotatable bonds is 5. The third-order valence-electron chi connectivity index (χ3n) is 5.23. The summed E-state index contributed by atoms with van der Waals surface area (Å²) >= 11 is 0. The van der Waals surface area contributed by atoms with Crippen molar-refractivity contribution in [3.8, 4) is 0 Å². The molecule has 0 saturated carbocycles. The number of hydrogen-bond acceptors (Lipinski definition) is 7. The number of morpholine rings is 1. The molecule has 2 aliphatic rings. The van der Waals surface area contributed by atoms with Crippen molar-refractivity contribution >= 4 is 23.5 Å². The number of hydrogen-bond donors (Lipinski definition) is 1. The Labute approximate surface area is 181 Å². The van der Waals surface area contributed by atoms with Gasteiger partial charge in [0.2, 0.25) is 0 Å². The number of amides is 2. The standard InChI is InChI=1S/C22H30N2O7/c1-22(2,3)31-21(28)17(25)18-20(27)24(10-11-30-18)15-7-5-6-14(12-15)19(26)23-9-8-16(13-23)29-4/h5-7,12,16-18,25H,8-11,13H2,1-4H3/t16-,17+,18+/m0/s1. The SMILES string of the molecule is CO[C@H]1CCN(C(=O)c2cccc(N3CCO[C@H]([C@@H](O)C(=O)OC(C)(C)C)C3=O)c2)C1. The maximum Gasteiger partial charge on any atom is 0.338 e. The average molecular weight is 434 g/mol. The second-order valence-electron chi connectivity index (χ2n) is 8.71. The zero-order valence-corrected chi connectivity index (χ0v) is 18.4. The number of likely N-dealkylation sites (tertiary alicyclic amines) is 1. The Morgan fingerprint density at radius 2 is 2.00 bits per heavy atom. The highest BCUT2D eigenvalue weighted by Crippen LogP contribution is 2.24. The Morgan fingerprint density at radius 1 is 1.26 bits per heavy atom. The minimum absolute atomic E-state index is 0.0306. The maximum absolute atomic E-state index is 13.0. The van der Waals surface area contributed by atoms with E-state index in [1.54, 1.807) is 57.0 Å². The van der Waals surface area contributed by atoms with E-state index in [1.807, 2.05) is 0 Å². The molecule has 0 unspecified atom stereocenters. The van der Waals surface area contributed by atoms with Gasteiger partial charge in [0, 0.05) is 38.0 Å². The van der Waals surface area contributed by atoms with Crippen molar-refractivity contribution in [3.05, 3.63) is 29.8 Å². The van der Waals surface area contributed by atoms with Crippen molar-refractivity contribution < 1.29 is 33.7 Å². The van der Waals surface area contributed by atoms with Crippen molar-refractivity contribution in [1.82, 2.24) is 4.90 Å². The Hall–Kier alpha value is -2.49. The van der Waals surface area contributed by atoms with Gasteiger partial charge in [-0.05, 0) is 45.4 Å². The molecule has 0 aromatic heterocycles. The van der Waals surface area contributed by atoms with Gasteiger partial charge in [0.05, 0.1) is 12.7 Å². The summed E-state index contributed by atoms with van der Waals surface area (Å²) in [4.78, 5) is 41.2. The first kappa shape index (κ1) is 23.2. The molecule has 0 bridgehead atoms. The quantitative estimate of drug-likeness (QED) is 0.689. The van der Waals surface area contributed by atoms with Crippen molar-refractivity contribution in [1.29, 1.82) is 0 Å². The van der Waals surface area contributed by atoms with E-state index in [0.29, 0.717) is 24.3 Å². The number of anilines is 1. The lowest BCUT2D eigenvalue weighted by molar-refractivity contribution is -0.177. The van der Waals surface area contributed by atoms with Gasteiger partial charge in [-0.3, -0.25) is 9.59 Å². The van der Waals surface area contributed by atoms with E-state index < -0.39 is 29.7 Å². The van der Waals surface area contributed by atoms with Gasteiger partial charge in [-0.1, -0.05) is 6.07 Å². The van der Waals surface area contributed by atoms with Gasteiger partial charge < -0.3 is 29.1 Å². The fourth-order valence-electron chi connectivity index (χ4n) is 3.67. The minimum Gasteiger partial charge on any atom is -0.458 e. The lowest BCUT2D eigenvalue weighted by Crippen LogP contribution is -2.55. The molecule has 2 saturated heterocycles. The van der Waals surface area contributed by atoms with Crippen LogP contribution >= 0.6 is 0 Å². The van der Waals surface area contributed by atoms with Gasteiger partial charge in [-0.25, -0.2) is 4.79 Å². The van der Waals surface area contributed by atoms with Crippen LogP contribution in [0.1, 0.15) is 37.6 Å². The first-order chi connectivity index (χ1) is 14.6. The normalized spacial score (nSPS) is 23.1. The molecule has 3 atom stereocenters. The Bertz CT molecular complexity index is 835. The summed E-state index contributed by atoms with van der Waals surface area (Å²) in [5.41, 5.74) is 0.155. The molecular formula is C22H30N2O7. The van der Waals surface area contributed by atoms with Crippen LogP contribution in [0.15, 0.2) is 24.3 Å². The van der Waals surface area contributed by atoms with Gasteiger partial charge >= 0.3 is 5.97 Å². The molecule has 2 amide bonds. The predicted octanol–water partition coefficient (Wildman–Crippen LogP) is 0.982. The number of aliphatic hydroxyl groups is 1. The van der Waals surface area contributed by atoms with Crippen molar-refractivity contribution in [2.24, 2.45) is 0 Å². The van der Waals surface area contributed by atoms with Gasteiger partial charge in [0.25, 0.3) is 11.8 Å². The maximum atomic E-state index is 13.0. The molecule has 1 N–H and O–H groups in total. The number of ether oxygens (including phenoxy) is 3. The molecular weight excluding hydrogens is 404 g/mol. The summed E-state index contributed by atoms with van der Waals surface area (Å²) < 4.78 is 15.9. The number of carbonyl (C=O) groups is 3. The fourth-order valence-corrected chi connectivity index (χ4v) is 3.67. The number of aliphatic hydroxyl groups excluding tert-OH is 1. The highest BCUT2D eigenvalue weighted by atomic mass is 16.6. The van der Waals surface area contributed by atoms with E-state index in [0.717, 1.165) is 6.42 Å². The molecule has 9 nitrogen and oxygen atoms in total. The molecule has 31 heavy (non-hydrogen) atoms. The van der Waals surface area contributed by atoms with Gasteiger partial charge in [-0.2, -0.15) is 0 Å². The second-order valence-corrected chi connectivity index (χ2v) is 8.71. The fraction of sp³-hybridized carbons (Fsp3) is 0.591. The van der Waals surface area contributed by atoms with E-state index in [1.165, 1.54) is 4.90 Å². The molecule has 1 aromatic rings. The van der Waals surface area contributed by atoms with E-state index in [2.05, 4.69) is 0 Å².